The smallest absolute Gasteiger partial charge is 0.409 e. The zero-order chi connectivity index (χ0) is 24.2. The van der Waals surface area contributed by atoms with Crippen LogP contribution < -0.4 is 5.32 Å². The molecule has 0 aliphatic carbocycles. The molecule has 3 heterocycles. The van der Waals surface area contributed by atoms with Crippen molar-refractivity contribution in [2.75, 3.05) is 32.8 Å². The third-order valence-electron chi connectivity index (χ3n) is 7.00. The molecule has 2 aromatic carbocycles. The van der Waals surface area contributed by atoms with Crippen molar-refractivity contribution >= 4 is 35.5 Å². The SMILES string of the molecule is CCOC(=O)N1CCC(NC(=O)c2ccc3c(c2)C=C(N2CCCCC2)c2ccccc2S3)CC1. The molecule has 6 nitrogen and oxygen atoms in total. The van der Waals surface area contributed by atoms with Gasteiger partial charge in [-0.25, -0.2) is 4.79 Å². The summed E-state index contributed by atoms with van der Waals surface area (Å²) in [6.45, 7) is 5.55. The van der Waals surface area contributed by atoms with Gasteiger partial charge in [0.25, 0.3) is 5.91 Å². The van der Waals surface area contributed by atoms with E-state index >= 15 is 0 Å². The fourth-order valence-corrected chi connectivity index (χ4v) is 6.13. The number of amides is 2. The van der Waals surface area contributed by atoms with Crippen LogP contribution in [0.4, 0.5) is 4.79 Å². The fraction of sp³-hybridized carbons (Fsp3) is 0.429. The van der Waals surface area contributed by atoms with Gasteiger partial charge in [0.1, 0.15) is 0 Å². The quantitative estimate of drug-likeness (QED) is 0.613. The number of piperidine rings is 2. The minimum Gasteiger partial charge on any atom is -0.450 e. The van der Waals surface area contributed by atoms with Gasteiger partial charge in [0, 0.05) is 58.8 Å². The maximum absolute atomic E-state index is 13.1. The van der Waals surface area contributed by atoms with E-state index in [1.807, 2.05) is 19.1 Å². The van der Waals surface area contributed by atoms with E-state index in [9.17, 15) is 9.59 Å². The summed E-state index contributed by atoms with van der Waals surface area (Å²) in [4.78, 5) is 31.7. The molecule has 2 saturated heterocycles. The summed E-state index contributed by atoms with van der Waals surface area (Å²) >= 11 is 1.77. The summed E-state index contributed by atoms with van der Waals surface area (Å²) < 4.78 is 5.09. The molecule has 0 radical (unpaired) electrons. The summed E-state index contributed by atoms with van der Waals surface area (Å²) in [5.74, 6) is -0.0536. The lowest BCUT2D eigenvalue weighted by Crippen LogP contribution is -2.46. The third-order valence-corrected chi connectivity index (χ3v) is 8.17. The van der Waals surface area contributed by atoms with Crippen molar-refractivity contribution in [2.24, 2.45) is 0 Å². The Labute approximate surface area is 211 Å². The Kier molecular flexibility index (Phi) is 7.32. The van der Waals surface area contributed by atoms with E-state index in [2.05, 4.69) is 46.6 Å². The summed E-state index contributed by atoms with van der Waals surface area (Å²) in [5.41, 5.74) is 4.30. The zero-order valence-electron chi connectivity index (χ0n) is 20.3. The highest BCUT2D eigenvalue weighted by molar-refractivity contribution is 7.99. The van der Waals surface area contributed by atoms with Crippen LogP contribution in [0, 0.1) is 0 Å². The summed E-state index contributed by atoms with van der Waals surface area (Å²) in [6.07, 6.45) is 7.21. The van der Waals surface area contributed by atoms with Crippen LogP contribution in [0.25, 0.3) is 11.8 Å². The Morgan fingerprint density at radius 1 is 1.00 bits per heavy atom. The molecule has 2 fully saturated rings. The molecule has 0 aromatic heterocycles. The molecular weight excluding hydrogens is 458 g/mol. The summed E-state index contributed by atoms with van der Waals surface area (Å²) in [5, 5.41) is 3.19. The van der Waals surface area contributed by atoms with Gasteiger partial charge in [0.05, 0.1) is 6.61 Å². The second kappa shape index (κ2) is 10.8. The Morgan fingerprint density at radius 2 is 1.77 bits per heavy atom. The summed E-state index contributed by atoms with van der Waals surface area (Å²) in [7, 11) is 0. The molecular formula is C28H33N3O3S. The molecule has 2 amide bonds. The van der Waals surface area contributed by atoms with Gasteiger partial charge in [-0.05, 0) is 74.9 Å². The largest absolute Gasteiger partial charge is 0.450 e. The van der Waals surface area contributed by atoms with Crippen molar-refractivity contribution in [2.45, 2.75) is 54.9 Å². The molecule has 0 unspecified atom stereocenters. The van der Waals surface area contributed by atoms with Crippen LogP contribution in [-0.2, 0) is 4.74 Å². The molecule has 0 atom stereocenters. The van der Waals surface area contributed by atoms with E-state index in [1.54, 1.807) is 16.7 Å². The first-order valence-electron chi connectivity index (χ1n) is 12.7. The first-order valence-corrected chi connectivity index (χ1v) is 13.5. The molecule has 2 aromatic rings. The van der Waals surface area contributed by atoms with E-state index in [1.165, 1.54) is 40.3 Å². The van der Waals surface area contributed by atoms with Gasteiger partial charge in [-0.1, -0.05) is 30.0 Å². The zero-order valence-corrected chi connectivity index (χ0v) is 21.1. The molecule has 184 valence electrons. The number of hydrogen-bond acceptors (Lipinski definition) is 5. The van der Waals surface area contributed by atoms with Gasteiger partial charge in [0.15, 0.2) is 0 Å². The van der Waals surface area contributed by atoms with E-state index in [-0.39, 0.29) is 18.0 Å². The summed E-state index contributed by atoms with van der Waals surface area (Å²) in [6, 6.07) is 14.7. The Balaban J connectivity index is 1.34. The lowest BCUT2D eigenvalue weighted by Gasteiger charge is -2.31. The first kappa shape index (κ1) is 23.8. The number of likely N-dealkylation sites (tertiary alicyclic amines) is 2. The highest BCUT2D eigenvalue weighted by Crippen LogP contribution is 2.42. The van der Waals surface area contributed by atoms with Gasteiger partial charge < -0.3 is 19.9 Å². The number of nitrogens with one attached hydrogen (secondary N) is 1. The second-order valence-corrected chi connectivity index (χ2v) is 10.4. The molecule has 3 aliphatic rings. The predicted molar refractivity (Wildman–Crippen MR) is 139 cm³/mol. The molecule has 0 bridgehead atoms. The fourth-order valence-electron chi connectivity index (χ4n) is 5.09. The maximum Gasteiger partial charge on any atom is 0.409 e. The van der Waals surface area contributed by atoms with E-state index in [4.69, 9.17) is 4.74 Å². The highest BCUT2D eigenvalue weighted by Gasteiger charge is 2.26. The van der Waals surface area contributed by atoms with Crippen molar-refractivity contribution in [3.63, 3.8) is 0 Å². The van der Waals surface area contributed by atoms with Crippen LogP contribution in [0.1, 0.15) is 60.5 Å². The van der Waals surface area contributed by atoms with Crippen molar-refractivity contribution in [3.8, 4) is 0 Å². The Morgan fingerprint density at radius 3 is 2.54 bits per heavy atom. The Hall–Kier alpha value is -2.93. The molecule has 1 N–H and O–H groups in total. The number of ether oxygens (including phenoxy) is 1. The van der Waals surface area contributed by atoms with Gasteiger partial charge in [-0.2, -0.15) is 0 Å². The molecule has 0 saturated carbocycles. The number of rotatable bonds is 4. The van der Waals surface area contributed by atoms with E-state index in [0.29, 0.717) is 25.3 Å². The van der Waals surface area contributed by atoms with E-state index < -0.39 is 0 Å². The van der Waals surface area contributed by atoms with Crippen LogP contribution in [0.15, 0.2) is 52.3 Å². The normalized spacial score (nSPS) is 18.1. The standard InChI is InChI=1S/C28H33N3O3S/c1-2-34-28(33)31-16-12-22(13-17-31)29-27(32)20-10-11-25-21(18-20)19-24(30-14-6-3-7-15-30)23-8-4-5-9-26(23)35-25/h4-5,8-11,18-19,22H,2-3,6-7,12-17H2,1H3,(H,29,32). The second-order valence-electron chi connectivity index (χ2n) is 9.36. The minimum atomic E-state index is -0.266. The van der Waals surface area contributed by atoms with Gasteiger partial charge in [0.2, 0.25) is 0 Å². The molecule has 5 rings (SSSR count). The third kappa shape index (κ3) is 5.35. The lowest BCUT2D eigenvalue weighted by molar-refractivity contribution is 0.0860. The van der Waals surface area contributed by atoms with Crippen LogP contribution in [0.5, 0.6) is 0 Å². The van der Waals surface area contributed by atoms with Crippen LogP contribution in [0.3, 0.4) is 0 Å². The minimum absolute atomic E-state index is 0.0536. The molecule has 0 spiro atoms. The molecule has 7 heteroatoms. The number of hydrogen-bond donors (Lipinski definition) is 1. The monoisotopic (exact) mass is 491 g/mol. The predicted octanol–water partition coefficient (Wildman–Crippen LogP) is 5.49. The Bertz CT molecular complexity index is 1120. The number of fused-ring (bicyclic) bond motifs is 2. The number of benzene rings is 2. The number of nitrogens with zero attached hydrogens (tertiary/aromatic N) is 2. The van der Waals surface area contributed by atoms with Crippen LogP contribution in [-0.4, -0.2) is 60.6 Å². The average Bonchev–Trinajstić information content (AvgIpc) is 3.06. The van der Waals surface area contributed by atoms with Crippen molar-refractivity contribution in [1.82, 2.24) is 15.1 Å². The first-order chi connectivity index (χ1) is 17.1. The van der Waals surface area contributed by atoms with Crippen LogP contribution >= 0.6 is 11.8 Å². The average molecular weight is 492 g/mol. The van der Waals surface area contributed by atoms with Gasteiger partial charge in [-0.3, -0.25) is 4.79 Å². The maximum atomic E-state index is 13.1. The van der Waals surface area contributed by atoms with Gasteiger partial charge >= 0.3 is 6.09 Å². The van der Waals surface area contributed by atoms with Crippen molar-refractivity contribution < 1.29 is 14.3 Å². The lowest BCUT2D eigenvalue weighted by atomic mass is 10.0. The van der Waals surface area contributed by atoms with Gasteiger partial charge in [-0.15, -0.1) is 0 Å². The number of carbonyl (C=O) groups excluding carboxylic acids is 2. The van der Waals surface area contributed by atoms with Crippen molar-refractivity contribution in [1.29, 1.82) is 0 Å². The number of carbonyl (C=O) groups is 2. The van der Waals surface area contributed by atoms with Crippen LogP contribution in [0.2, 0.25) is 0 Å². The van der Waals surface area contributed by atoms with Crippen molar-refractivity contribution in [3.05, 3.63) is 59.2 Å². The van der Waals surface area contributed by atoms with E-state index in [0.717, 1.165) is 31.5 Å². The topological polar surface area (TPSA) is 61.9 Å². The molecule has 35 heavy (non-hydrogen) atoms. The molecule has 3 aliphatic heterocycles. The highest BCUT2D eigenvalue weighted by atomic mass is 32.2.